The quantitative estimate of drug-likeness (QED) is 0.723. The Labute approximate surface area is 164 Å². The summed E-state index contributed by atoms with van der Waals surface area (Å²) in [6.07, 6.45) is 1.08. The largest absolute Gasteiger partial charge is 0.493 e. The first-order valence-electron chi connectivity index (χ1n) is 8.49. The highest BCUT2D eigenvalue weighted by atomic mass is 32.2. The molecule has 28 heavy (non-hydrogen) atoms. The molecule has 0 unspecified atom stereocenters. The first-order valence-corrected chi connectivity index (χ1v) is 10.3. The van der Waals surface area contributed by atoms with Crippen LogP contribution in [0.4, 0.5) is 15.8 Å². The van der Waals surface area contributed by atoms with Gasteiger partial charge in [0, 0.05) is 11.8 Å². The number of carbonyl (C=O) groups is 1. The van der Waals surface area contributed by atoms with Gasteiger partial charge >= 0.3 is 0 Å². The topological polar surface area (TPSA) is 84.9 Å². The van der Waals surface area contributed by atoms with E-state index in [1.807, 2.05) is 0 Å². The Balaban J connectivity index is 2.39. The highest BCUT2D eigenvalue weighted by Crippen LogP contribution is 2.31. The predicted octanol–water partition coefficient (Wildman–Crippen LogP) is 3.03. The second kappa shape index (κ2) is 8.92. The molecule has 1 N–H and O–H groups in total. The molecule has 1 amide bonds. The zero-order valence-corrected chi connectivity index (χ0v) is 16.9. The number of sulfonamides is 1. The molecule has 2 rings (SSSR count). The molecule has 152 valence electrons. The smallest absolute Gasteiger partial charge is 0.248 e. The minimum Gasteiger partial charge on any atom is -0.493 e. The number of nitrogens with zero attached hydrogens (tertiary/aromatic N) is 1. The van der Waals surface area contributed by atoms with E-state index in [-0.39, 0.29) is 12.1 Å². The van der Waals surface area contributed by atoms with E-state index in [2.05, 4.69) is 5.32 Å². The summed E-state index contributed by atoms with van der Waals surface area (Å²) >= 11 is 0. The number of anilines is 2. The maximum absolute atomic E-state index is 14.3. The van der Waals surface area contributed by atoms with Crippen LogP contribution < -0.4 is 19.1 Å². The zero-order chi connectivity index (χ0) is 20.9. The molecule has 2 aromatic rings. The standard InChI is InChI=1S/C19H23FN2O5S/c1-5-15(22(28(4,24)25)16-9-7-6-8-14(16)20)19(23)21-13-10-11-17(26-2)18(12-13)27-3/h6-12,15H,5H2,1-4H3,(H,21,23)/t15-/m0/s1. The molecule has 0 spiro atoms. The Bertz CT molecular complexity index is 949. The van der Waals surface area contributed by atoms with Crippen LogP contribution >= 0.6 is 0 Å². The van der Waals surface area contributed by atoms with Crippen LogP contribution in [0.1, 0.15) is 13.3 Å². The third kappa shape index (κ3) is 4.72. The number of ether oxygens (including phenoxy) is 2. The number of carbonyl (C=O) groups excluding carboxylic acids is 1. The second-order valence-electron chi connectivity index (χ2n) is 5.99. The first-order chi connectivity index (χ1) is 13.2. The van der Waals surface area contributed by atoms with Crippen molar-refractivity contribution < 1.29 is 27.1 Å². The maximum Gasteiger partial charge on any atom is 0.248 e. The molecule has 9 heteroatoms. The number of amides is 1. The number of halogens is 1. The predicted molar refractivity (Wildman–Crippen MR) is 106 cm³/mol. The summed E-state index contributed by atoms with van der Waals surface area (Å²) < 4.78 is 50.2. The number of para-hydroxylation sites is 1. The van der Waals surface area contributed by atoms with Crippen molar-refractivity contribution in [1.29, 1.82) is 0 Å². The lowest BCUT2D eigenvalue weighted by Gasteiger charge is -2.30. The van der Waals surface area contributed by atoms with E-state index in [1.165, 1.54) is 32.4 Å². The Hall–Kier alpha value is -2.81. The second-order valence-corrected chi connectivity index (χ2v) is 7.85. The molecule has 0 aliphatic rings. The van der Waals surface area contributed by atoms with Crippen molar-refractivity contribution in [3.05, 3.63) is 48.3 Å². The van der Waals surface area contributed by atoms with E-state index in [0.29, 0.717) is 17.2 Å². The minimum atomic E-state index is -3.92. The number of rotatable bonds is 8. The molecule has 0 bridgehead atoms. The zero-order valence-electron chi connectivity index (χ0n) is 16.1. The summed E-state index contributed by atoms with van der Waals surface area (Å²) in [4.78, 5) is 12.9. The van der Waals surface area contributed by atoms with Crippen LogP contribution in [0.25, 0.3) is 0 Å². The number of benzene rings is 2. The van der Waals surface area contributed by atoms with Gasteiger partial charge in [-0.1, -0.05) is 19.1 Å². The van der Waals surface area contributed by atoms with Crippen LogP contribution in [0.3, 0.4) is 0 Å². The van der Waals surface area contributed by atoms with Gasteiger partial charge in [-0.05, 0) is 30.7 Å². The highest BCUT2D eigenvalue weighted by molar-refractivity contribution is 7.92. The molecule has 0 saturated carbocycles. The Kier molecular flexibility index (Phi) is 6.85. The lowest BCUT2D eigenvalue weighted by atomic mass is 10.1. The van der Waals surface area contributed by atoms with Gasteiger partial charge < -0.3 is 14.8 Å². The fourth-order valence-electron chi connectivity index (χ4n) is 2.81. The van der Waals surface area contributed by atoms with Gasteiger partial charge in [0.15, 0.2) is 11.5 Å². The molecule has 0 aliphatic heterocycles. The van der Waals surface area contributed by atoms with Crippen molar-refractivity contribution in [1.82, 2.24) is 0 Å². The molecular weight excluding hydrogens is 387 g/mol. The molecular formula is C19H23FN2O5S. The molecule has 0 aliphatic carbocycles. The van der Waals surface area contributed by atoms with E-state index in [4.69, 9.17) is 9.47 Å². The fourth-order valence-corrected chi connectivity index (χ4v) is 4.02. The molecule has 1 atom stereocenters. The maximum atomic E-state index is 14.3. The van der Waals surface area contributed by atoms with Crippen LogP contribution in [-0.2, 0) is 14.8 Å². The first kappa shape index (κ1) is 21.5. The van der Waals surface area contributed by atoms with E-state index in [9.17, 15) is 17.6 Å². The molecule has 0 heterocycles. The van der Waals surface area contributed by atoms with Gasteiger partial charge in [-0.25, -0.2) is 12.8 Å². The number of nitrogens with one attached hydrogen (secondary N) is 1. The van der Waals surface area contributed by atoms with Gasteiger partial charge in [0.05, 0.1) is 26.2 Å². The fraction of sp³-hybridized carbons (Fsp3) is 0.316. The van der Waals surface area contributed by atoms with Crippen molar-refractivity contribution in [3.63, 3.8) is 0 Å². The van der Waals surface area contributed by atoms with E-state index in [1.54, 1.807) is 25.1 Å². The summed E-state index contributed by atoms with van der Waals surface area (Å²) in [5, 5.41) is 2.66. The molecule has 2 aromatic carbocycles. The third-order valence-electron chi connectivity index (χ3n) is 4.07. The van der Waals surface area contributed by atoms with Gasteiger partial charge in [-0.3, -0.25) is 9.10 Å². The Morgan fingerprint density at radius 2 is 1.79 bits per heavy atom. The molecule has 0 radical (unpaired) electrons. The van der Waals surface area contributed by atoms with Crippen molar-refractivity contribution >= 4 is 27.3 Å². The van der Waals surface area contributed by atoms with E-state index < -0.39 is 27.8 Å². The molecule has 7 nitrogen and oxygen atoms in total. The van der Waals surface area contributed by atoms with Crippen LogP contribution in [0.2, 0.25) is 0 Å². The number of hydrogen-bond donors (Lipinski definition) is 1. The van der Waals surface area contributed by atoms with Gasteiger partial charge in [0.2, 0.25) is 15.9 Å². The normalized spacial score (nSPS) is 12.2. The number of methoxy groups -OCH3 is 2. The highest BCUT2D eigenvalue weighted by Gasteiger charge is 2.33. The molecule has 0 fully saturated rings. The van der Waals surface area contributed by atoms with Gasteiger partial charge in [0.1, 0.15) is 11.9 Å². The van der Waals surface area contributed by atoms with Crippen LogP contribution in [0.15, 0.2) is 42.5 Å². The summed E-state index contributed by atoms with van der Waals surface area (Å²) in [5.74, 6) is -0.437. The average molecular weight is 410 g/mol. The molecule has 0 saturated heterocycles. The summed E-state index contributed by atoms with van der Waals surface area (Å²) in [7, 11) is -0.977. The third-order valence-corrected chi connectivity index (χ3v) is 5.24. The monoisotopic (exact) mass is 410 g/mol. The summed E-state index contributed by atoms with van der Waals surface area (Å²) in [6.45, 7) is 1.65. The van der Waals surface area contributed by atoms with Gasteiger partial charge in [-0.2, -0.15) is 0 Å². The molecule has 0 aromatic heterocycles. The minimum absolute atomic E-state index is 0.139. The van der Waals surface area contributed by atoms with Gasteiger partial charge in [0.25, 0.3) is 0 Å². The Morgan fingerprint density at radius 3 is 2.32 bits per heavy atom. The van der Waals surface area contributed by atoms with Gasteiger partial charge in [-0.15, -0.1) is 0 Å². The van der Waals surface area contributed by atoms with Crippen molar-refractivity contribution in [2.45, 2.75) is 19.4 Å². The van der Waals surface area contributed by atoms with Crippen LogP contribution in [-0.4, -0.2) is 40.8 Å². The van der Waals surface area contributed by atoms with Crippen molar-refractivity contribution in [2.24, 2.45) is 0 Å². The summed E-state index contributed by atoms with van der Waals surface area (Å²) in [5.41, 5.74) is 0.211. The van der Waals surface area contributed by atoms with Crippen LogP contribution in [0, 0.1) is 5.82 Å². The van der Waals surface area contributed by atoms with Crippen molar-refractivity contribution in [3.8, 4) is 11.5 Å². The SMILES string of the molecule is CC[C@@H](C(=O)Nc1ccc(OC)c(OC)c1)N(c1ccccc1F)S(C)(=O)=O. The van der Waals surface area contributed by atoms with Crippen LogP contribution in [0.5, 0.6) is 11.5 Å². The van der Waals surface area contributed by atoms with E-state index in [0.717, 1.165) is 16.6 Å². The average Bonchev–Trinajstić information content (AvgIpc) is 2.65. The number of hydrogen-bond acceptors (Lipinski definition) is 5. The lowest BCUT2D eigenvalue weighted by Crippen LogP contribution is -2.47. The lowest BCUT2D eigenvalue weighted by molar-refractivity contribution is -0.117. The summed E-state index contributed by atoms with van der Waals surface area (Å²) in [6, 6.07) is 9.05. The van der Waals surface area contributed by atoms with E-state index >= 15 is 0 Å². The Morgan fingerprint density at radius 1 is 1.14 bits per heavy atom. The van der Waals surface area contributed by atoms with Crippen molar-refractivity contribution in [2.75, 3.05) is 30.1 Å².